The van der Waals surface area contributed by atoms with Gasteiger partial charge in [0.15, 0.2) is 0 Å². The third-order valence-electron chi connectivity index (χ3n) is 3.91. The standard InChI is InChI=1S/C14H19N3O3S/c18-14(16-10-11-8-15-9-11)12-3-1-4-13(7-12)17-5-2-6-21(17,19)20/h1,3-4,7,11,15H,2,5-6,8-10H2,(H,16,18). The highest BCUT2D eigenvalue weighted by molar-refractivity contribution is 7.93. The molecule has 21 heavy (non-hydrogen) atoms. The predicted molar refractivity (Wildman–Crippen MR) is 80.9 cm³/mol. The number of hydrogen-bond acceptors (Lipinski definition) is 4. The first-order valence-corrected chi connectivity index (χ1v) is 8.76. The molecule has 6 nitrogen and oxygen atoms in total. The van der Waals surface area contributed by atoms with Crippen LogP contribution in [0.2, 0.25) is 0 Å². The lowest BCUT2D eigenvalue weighted by molar-refractivity contribution is 0.0942. The van der Waals surface area contributed by atoms with Gasteiger partial charge in [-0.25, -0.2) is 8.42 Å². The molecular weight excluding hydrogens is 290 g/mol. The lowest BCUT2D eigenvalue weighted by Crippen LogP contribution is -2.48. The Balaban J connectivity index is 1.71. The fourth-order valence-electron chi connectivity index (χ4n) is 2.56. The van der Waals surface area contributed by atoms with Crippen molar-refractivity contribution in [1.29, 1.82) is 0 Å². The number of nitrogens with zero attached hydrogens (tertiary/aromatic N) is 1. The molecule has 0 atom stereocenters. The van der Waals surface area contributed by atoms with Gasteiger partial charge < -0.3 is 10.6 Å². The minimum atomic E-state index is -3.21. The molecular formula is C14H19N3O3S. The molecule has 2 heterocycles. The Morgan fingerprint density at radius 2 is 2.19 bits per heavy atom. The summed E-state index contributed by atoms with van der Waals surface area (Å²) in [6, 6.07) is 6.82. The number of rotatable bonds is 4. The second-order valence-corrected chi connectivity index (χ2v) is 7.54. The van der Waals surface area contributed by atoms with Gasteiger partial charge in [0.25, 0.3) is 5.91 Å². The van der Waals surface area contributed by atoms with Gasteiger partial charge in [0.2, 0.25) is 10.0 Å². The Bertz CT molecular complexity index is 641. The topological polar surface area (TPSA) is 78.5 Å². The largest absolute Gasteiger partial charge is 0.352 e. The smallest absolute Gasteiger partial charge is 0.251 e. The normalized spacial score (nSPS) is 21.0. The summed E-state index contributed by atoms with van der Waals surface area (Å²) in [6.45, 7) is 3.01. The van der Waals surface area contributed by atoms with E-state index >= 15 is 0 Å². The monoisotopic (exact) mass is 309 g/mol. The second-order valence-electron chi connectivity index (χ2n) is 5.53. The zero-order chi connectivity index (χ0) is 14.9. The highest BCUT2D eigenvalue weighted by Crippen LogP contribution is 2.24. The molecule has 0 unspecified atom stereocenters. The van der Waals surface area contributed by atoms with Gasteiger partial charge in [-0.3, -0.25) is 9.10 Å². The molecule has 0 spiro atoms. The van der Waals surface area contributed by atoms with E-state index in [2.05, 4.69) is 10.6 Å². The van der Waals surface area contributed by atoms with Gasteiger partial charge in [-0.1, -0.05) is 6.07 Å². The van der Waals surface area contributed by atoms with E-state index in [4.69, 9.17) is 0 Å². The van der Waals surface area contributed by atoms with E-state index in [1.807, 2.05) is 0 Å². The van der Waals surface area contributed by atoms with Crippen molar-refractivity contribution in [3.8, 4) is 0 Å². The van der Waals surface area contributed by atoms with Crippen molar-refractivity contribution in [3.63, 3.8) is 0 Å². The van der Waals surface area contributed by atoms with Gasteiger partial charge in [0, 0.05) is 37.7 Å². The lowest BCUT2D eigenvalue weighted by atomic mass is 10.0. The first-order chi connectivity index (χ1) is 10.1. The van der Waals surface area contributed by atoms with Crippen LogP contribution in [-0.2, 0) is 10.0 Å². The fraction of sp³-hybridized carbons (Fsp3) is 0.500. The van der Waals surface area contributed by atoms with Crippen molar-refractivity contribution in [2.24, 2.45) is 5.92 Å². The summed E-state index contributed by atoms with van der Waals surface area (Å²) in [4.78, 5) is 12.1. The van der Waals surface area contributed by atoms with Crippen molar-refractivity contribution < 1.29 is 13.2 Å². The van der Waals surface area contributed by atoms with Crippen LogP contribution >= 0.6 is 0 Å². The highest BCUT2D eigenvalue weighted by atomic mass is 32.2. The van der Waals surface area contributed by atoms with Gasteiger partial charge in [-0.15, -0.1) is 0 Å². The van der Waals surface area contributed by atoms with Gasteiger partial charge in [0.1, 0.15) is 0 Å². The fourth-order valence-corrected chi connectivity index (χ4v) is 4.12. The van der Waals surface area contributed by atoms with E-state index in [0.29, 0.717) is 36.7 Å². The number of sulfonamides is 1. The van der Waals surface area contributed by atoms with Gasteiger partial charge in [-0.2, -0.15) is 0 Å². The second kappa shape index (κ2) is 5.65. The van der Waals surface area contributed by atoms with Crippen molar-refractivity contribution in [2.75, 3.05) is 36.2 Å². The average Bonchev–Trinajstić information content (AvgIpc) is 2.76. The maximum absolute atomic E-state index is 12.1. The number of carbonyl (C=O) groups excluding carboxylic acids is 1. The molecule has 0 aliphatic carbocycles. The van der Waals surface area contributed by atoms with Crippen LogP contribution in [0, 0.1) is 5.92 Å². The first kappa shape index (κ1) is 14.3. The Hall–Kier alpha value is -1.60. The molecule has 2 N–H and O–H groups in total. The maximum atomic E-state index is 12.1. The summed E-state index contributed by atoms with van der Waals surface area (Å²) < 4.78 is 25.2. The number of nitrogens with one attached hydrogen (secondary N) is 2. The van der Waals surface area contributed by atoms with Crippen LogP contribution in [0.15, 0.2) is 24.3 Å². The molecule has 0 bridgehead atoms. The molecule has 1 aromatic rings. The van der Waals surface area contributed by atoms with Crippen LogP contribution in [0.25, 0.3) is 0 Å². The molecule has 1 amide bonds. The molecule has 2 aliphatic heterocycles. The zero-order valence-corrected chi connectivity index (χ0v) is 12.5. The molecule has 114 valence electrons. The summed E-state index contributed by atoms with van der Waals surface area (Å²) in [5, 5.41) is 6.05. The van der Waals surface area contributed by atoms with Crippen LogP contribution in [-0.4, -0.2) is 46.3 Å². The molecule has 2 fully saturated rings. The summed E-state index contributed by atoms with van der Waals surface area (Å²) in [5.74, 6) is 0.523. The number of benzene rings is 1. The predicted octanol–water partition coefficient (Wildman–Crippen LogP) is 0.176. The number of anilines is 1. The minimum Gasteiger partial charge on any atom is -0.352 e. The SMILES string of the molecule is O=C(NCC1CNC1)c1cccc(N2CCCS2(=O)=O)c1. The first-order valence-electron chi connectivity index (χ1n) is 7.16. The van der Waals surface area contributed by atoms with Crippen molar-refractivity contribution in [2.45, 2.75) is 6.42 Å². The average molecular weight is 309 g/mol. The van der Waals surface area contributed by atoms with Crippen LogP contribution in [0.3, 0.4) is 0 Å². The van der Waals surface area contributed by atoms with E-state index in [9.17, 15) is 13.2 Å². The summed E-state index contributed by atoms with van der Waals surface area (Å²) in [5.41, 5.74) is 1.08. The van der Waals surface area contributed by atoms with Crippen LogP contribution in [0.5, 0.6) is 0 Å². The molecule has 2 saturated heterocycles. The van der Waals surface area contributed by atoms with Crippen LogP contribution in [0.4, 0.5) is 5.69 Å². The Kier molecular flexibility index (Phi) is 3.86. The number of hydrogen-bond donors (Lipinski definition) is 2. The quantitative estimate of drug-likeness (QED) is 0.831. The Morgan fingerprint density at radius 1 is 1.38 bits per heavy atom. The summed E-state index contributed by atoms with van der Waals surface area (Å²) >= 11 is 0. The molecule has 3 rings (SSSR count). The molecule has 0 aromatic heterocycles. The van der Waals surface area contributed by atoms with Crippen molar-refractivity contribution in [3.05, 3.63) is 29.8 Å². The highest BCUT2D eigenvalue weighted by Gasteiger charge is 2.28. The molecule has 0 saturated carbocycles. The van der Waals surface area contributed by atoms with Crippen LogP contribution in [0.1, 0.15) is 16.8 Å². The Morgan fingerprint density at radius 3 is 2.81 bits per heavy atom. The van der Waals surface area contributed by atoms with E-state index in [1.165, 1.54) is 4.31 Å². The number of carbonyl (C=O) groups is 1. The van der Waals surface area contributed by atoms with Gasteiger partial charge in [0.05, 0.1) is 11.4 Å². The van der Waals surface area contributed by atoms with E-state index in [1.54, 1.807) is 24.3 Å². The van der Waals surface area contributed by atoms with Crippen molar-refractivity contribution in [1.82, 2.24) is 10.6 Å². The summed E-state index contributed by atoms with van der Waals surface area (Å²) in [7, 11) is -3.21. The van der Waals surface area contributed by atoms with E-state index in [-0.39, 0.29) is 11.7 Å². The molecule has 7 heteroatoms. The van der Waals surface area contributed by atoms with E-state index in [0.717, 1.165) is 13.1 Å². The van der Waals surface area contributed by atoms with Gasteiger partial charge >= 0.3 is 0 Å². The maximum Gasteiger partial charge on any atom is 0.251 e. The number of amides is 1. The van der Waals surface area contributed by atoms with Crippen LogP contribution < -0.4 is 14.9 Å². The Labute approximate surface area is 124 Å². The minimum absolute atomic E-state index is 0.152. The molecule has 2 aliphatic rings. The third kappa shape index (κ3) is 3.03. The van der Waals surface area contributed by atoms with Gasteiger partial charge in [-0.05, 0) is 24.6 Å². The summed E-state index contributed by atoms with van der Waals surface area (Å²) in [6.07, 6.45) is 0.632. The molecule has 1 aromatic carbocycles. The van der Waals surface area contributed by atoms with Crippen molar-refractivity contribution >= 4 is 21.6 Å². The zero-order valence-electron chi connectivity index (χ0n) is 11.7. The molecule has 0 radical (unpaired) electrons. The van der Waals surface area contributed by atoms with E-state index < -0.39 is 10.0 Å². The third-order valence-corrected chi connectivity index (χ3v) is 5.78. The lowest BCUT2D eigenvalue weighted by Gasteiger charge is -2.27.